The van der Waals surface area contributed by atoms with Crippen molar-refractivity contribution in [3.8, 4) is 0 Å². The summed E-state index contributed by atoms with van der Waals surface area (Å²) in [6.45, 7) is 2.44. The Balaban J connectivity index is 2.05. The molecule has 3 heterocycles. The molecule has 1 fully saturated rings. The summed E-state index contributed by atoms with van der Waals surface area (Å²) < 4.78 is 7.34. The number of aliphatic hydroxyl groups excluding tert-OH is 1. The summed E-state index contributed by atoms with van der Waals surface area (Å²) in [6, 6.07) is 0. The number of hydrogen-bond donors (Lipinski definition) is 3. The molecule has 1 saturated heterocycles. The number of H-pyrrole nitrogens is 1. The fourth-order valence-electron chi connectivity index (χ4n) is 2.28. The van der Waals surface area contributed by atoms with E-state index >= 15 is 0 Å². The van der Waals surface area contributed by atoms with E-state index in [0.29, 0.717) is 18.7 Å². The quantitative estimate of drug-likeness (QED) is 0.681. The molecule has 102 valence electrons. The van der Waals surface area contributed by atoms with Crippen molar-refractivity contribution in [2.24, 2.45) is 5.41 Å². The van der Waals surface area contributed by atoms with Crippen molar-refractivity contribution < 1.29 is 9.84 Å². The van der Waals surface area contributed by atoms with Crippen LogP contribution in [0, 0.1) is 5.41 Å². The molecular formula is C11H15N5O3. The van der Waals surface area contributed by atoms with Gasteiger partial charge in [0, 0.05) is 11.8 Å². The molecule has 8 nitrogen and oxygen atoms in total. The van der Waals surface area contributed by atoms with Crippen molar-refractivity contribution >= 4 is 17.1 Å². The summed E-state index contributed by atoms with van der Waals surface area (Å²) >= 11 is 0. The van der Waals surface area contributed by atoms with E-state index in [0.717, 1.165) is 0 Å². The Labute approximate surface area is 108 Å². The Morgan fingerprint density at radius 2 is 2.53 bits per heavy atom. The number of imidazole rings is 1. The van der Waals surface area contributed by atoms with E-state index in [-0.39, 0.29) is 35.3 Å². The van der Waals surface area contributed by atoms with E-state index in [1.807, 2.05) is 6.92 Å². The highest BCUT2D eigenvalue weighted by atomic mass is 16.5. The standard InChI is InChI=1S/C11H15N5O3/c1-11(3-17)2-6(19-4-11)16-5-13-7-8(16)14-10(12)15-9(7)18/h5-6,17H,2-4H2,1H3,(H3,12,14,15,18)/t6-,11+/m1/s1. The van der Waals surface area contributed by atoms with Crippen LogP contribution >= 0.6 is 0 Å². The number of nitrogens with two attached hydrogens (primary N) is 1. The fourth-order valence-corrected chi connectivity index (χ4v) is 2.28. The van der Waals surface area contributed by atoms with Crippen LogP contribution in [0.25, 0.3) is 11.2 Å². The Morgan fingerprint density at radius 3 is 3.21 bits per heavy atom. The molecule has 4 N–H and O–H groups in total. The molecule has 0 unspecified atom stereocenters. The number of rotatable bonds is 2. The lowest BCUT2D eigenvalue weighted by Crippen LogP contribution is -2.21. The molecule has 1 aliphatic rings. The minimum Gasteiger partial charge on any atom is -0.396 e. The molecule has 2 aromatic rings. The fraction of sp³-hybridized carbons (Fsp3) is 0.545. The zero-order valence-corrected chi connectivity index (χ0v) is 10.5. The number of nitrogens with zero attached hydrogens (tertiary/aromatic N) is 3. The van der Waals surface area contributed by atoms with Crippen molar-refractivity contribution in [3.05, 3.63) is 16.7 Å². The van der Waals surface area contributed by atoms with Gasteiger partial charge in [0.1, 0.15) is 6.23 Å². The summed E-state index contributed by atoms with van der Waals surface area (Å²) in [5.41, 5.74) is 5.52. The van der Waals surface area contributed by atoms with Crippen LogP contribution in [0.15, 0.2) is 11.1 Å². The van der Waals surface area contributed by atoms with Crippen molar-refractivity contribution in [2.45, 2.75) is 19.6 Å². The first kappa shape index (κ1) is 12.1. The molecule has 3 rings (SSSR count). The van der Waals surface area contributed by atoms with Crippen molar-refractivity contribution in [2.75, 3.05) is 18.9 Å². The summed E-state index contributed by atoms with van der Waals surface area (Å²) in [7, 11) is 0. The van der Waals surface area contributed by atoms with Gasteiger partial charge in [0.15, 0.2) is 11.2 Å². The Morgan fingerprint density at radius 1 is 1.74 bits per heavy atom. The Kier molecular flexibility index (Phi) is 2.58. The van der Waals surface area contributed by atoms with Gasteiger partial charge >= 0.3 is 0 Å². The van der Waals surface area contributed by atoms with Gasteiger partial charge in [-0.25, -0.2) is 4.98 Å². The second-order valence-corrected chi connectivity index (χ2v) is 5.21. The zero-order valence-electron chi connectivity index (χ0n) is 10.5. The van der Waals surface area contributed by atoms with E-state index < -0.39 is 0 Å². The van der Waals surface area contributed by atoms with Crippen LogP contribution in [0.2, 0.25) is 0 Å². The van der Waals surface area contributed by atoms with Gasteiger partial charge in [0.2, 0.25) is 5.95 Å². The number of aromatic amines is 1. The first-order chi connectivity index (χ1) is 9.02. The van der Waals surface area contributed by atoms with Gasteiger partial charge in [0.05, 0.1) is 19.5 Å². The van der Waals surface area contributed by atoms with E-state index in [2.05, 4.69) is 15.0 Å². The van der Waals surface area contributed by atoms with Crippen LogP contribution in [0.1, 0.15) is 19.6 Å². The number of ether oxygens (including phenoxy) is 1. The molecule has 1 aliphatic heterocycles. The Hall–Kier alpha value is -1.93. The number of anilines is 1. The van der Waals surface area contributed by atoms with Gasteiger partial charge < -0.3 is 15.6 Å². The smallest absolute Gasteiger partial charge is 0.280 e. The minimum atomic E-state index is -0.371. The summed E-state index contributed by atoms with van der Waals surface area (Å²) in [5.74, 6) is 0.0437. The predicted molar refractivity (Wildman–Crippen MR) is 67.4 cm³/mol. The molecule has 19 heavy (non-hydrogen) atoms. The van der Waals surface area contributed by atoms with E-state index in [4.69, 9.17) is 10.5 Å². The van der Waals surface area contributed by atoms with Crippen molar-refractivity contribution in [3.63, 3.8) is 0 Å². The maximum Gasteiger partial charge on any atom is 0.280 e. The molecule has 8 heteroatoms. The molecular weight excluding hydrogens is 250 g/mol. The number of aliphatic hydroxyl groups is 1. The van der Waals surface area contributed by atoms with Crippen LogP contribution in [0.5, 0.6) is 0 Å². The third-order valence-electron chi connectivity index (χ3n) is 3.43. The molecule has 0 spiro atoms. The monoisotopic (exact) mass is 265 g/mol. The van der Waals surface area contributed by atoms with Crippen molar-refractivity contribution in [1.29, 1.82) is 0 Å². The maximum atomic E-state index is 11.7. The average Bonchev–Trinajstić information content (AvgIpc) is 2.94. The van der Waals surface area contributed by atoms with Crippen LogP contribution in [0.4, 0.5) is 5.95 Å². The van der Waals surface area contributed by atoms with Crippen LogP contribution in [-0.2, 0) is 4.74 Å². The normalized spacial score (nSPS) is 27.2. The number of hydrogen-bond acceptors (Lipinski definition) is 6. The van der Waals surface area contributed by atoms with Crippen LogP contribution in [-0.4, -0.2) is 37.8 Å². The summed E-state index contributed by atoms with van der Waals surface area (Å²) in [5, 5.41) is 9.35. The molecule has 0 radical (unpaired) electrons. The SMILES string of the molecule is C[C@]1(CO)CO[C@@H](n2cnc3c(=O)[nH]c(N)nc32)C1. The third-order valence-corrected chi connectivity index (χ3v) is 3.43. The third kappa shape index (κ3) is 1.89. The summed E-state index contributed by atoms with van der Waals surface area (Å²) in [6.07, 6.45) is 1.85. The van der Waals surface area contributed by atoms with Crippen LogP contribution < -0.4 is 11.3 Å². The number of aromatic nitrogens is 4. The second kappa shape index (κ2) is 4.04. The van der Waals surface area contributed by atoms with Gasteiger partial charge in [0.25, 0.3) is 5.56 Å². The lowest BCUT2D eigenvalue weighted by molar-refractivity contribution is 0.0464. The minimum absolute atomic E-state index is 0.0437. The van der Waals surface area contributed by atoms with E-state index in [1.165, 1.54) is 6.33 Å². The highest BCUT2D eigenvalue weighted by Crippen LogP contribution is 2.38. The molecule has 0 amide bonds. The van der Waals surface area contributed by atoms with E-state index in [9.17, 15) is 9.90 Å². The second-order valence-electron chi connectivity index (χ2n) is 5.21. The molecule has 0 bridgehead atoms. The molecule has 2 aromatic heterocycles. The maximum absolute atomic E-state index is 11.7. The number of nitrogen functional groups attached to an aromatic ring is 1. The average molecular weight is 265 g/mol. The first-order valence-corrected chi connectivity index (χ1v) is 5.97. The highest BCUT2D eigenvalue weighted by molar-refractivity contribution is 5.70. The molecule has 0 aromatic carbocycles. The number of nitrogens with one attached hydrogen (secondary N) is 1. The van der Waals surface area contributed by atoms with E-state index in [1.54, 1.807) is 4.57 Å². The van der Waals surface area contributed by atoms with Gasteiger partial charge in [-0.2, -0.15) is 4.98 Å². The highest BCUT2D eigenvalue weighted by Gasteiger charge is 2.37. The first-order valence-electron chi connectivity index (χ1n) is 5.97. The number of fused-ring (bicyclic) bond motifs is 1. The lowest BCUT2D eigenvalue weighted by Gasteiger charge is -2.17. The van der Waals surface area contributed by atoms with Gasteiger partial charge in [-0.15, -0.1) is 0 Å². The lowest BCUT2D eigenvalue weighted by atomic mass is 9.90. The molecule has 0 saturated carbocycles. The van der Waals surface area contributed by atoms with Gasteiger partial charge in [-0.3, -0.25) is 14.3 Å². The molecule has 2 atom stereocenters. The predicted octanol–water partition coefficient (Wildman–Crippen LogP) is -0.381. The Bertz CT molecular complexity index is 679. The largest absolute Gasteiger partial charge is 0.396 e. The van der Waals surface area contributed by atoms with Crippen molar-refractivity contribution in [1.82, 2.24) is 19.5 Å². The summed E-state index contributed by atoms with van der Waals surface area (Å²) in [4.78, 5) is 22.2. The van der Waals surface area contributed by atoms with Gasteiger partial charge in [-0.05, 0) is 0 Å². The topological polar surface area (TPSA) is 119 Å². The van der Waals surface area contributed by atoms with Gasteiger partial charge in [-0.1, -0.05) is 6.92 Å². The van der Waals surface area contributed by atoms with Crippen LogP contribution in [0.3, 0.4) is 0 Å². The molecule has 0 aliphatic carbocycles. The zero-order chi connectivity index (χ0) is 13.6.